The molecular formula is C12H9F2NO. The maximum atomic E-state index is 12.0. The smallest absolute Gasteiger partial charge is 0.315 e. The van der Waals surface area contributed by atoms with Crippen LogP contribution in [0.1, 0.15) is 0 Å². The van der Waals surface area contributed by atoms with E-state index >= 15 is 0 Å². The third-order valence-electron chi connectivity index (χ3n) is 2.22. The van der Waals surface area contributed by atoms with Gasteiger partial charge in [-0.1, -0.05) is 30.3 Å². The van der Waals surface area contributed by atoms with Crippen molar-refractivity contribution in [3.8, 4) is 0 Å². The van der Waals surface area contributed by atoms with Crippen LogP contribution in [0, 0.1) is 0 Å². The lowest BCUT2D eigenvalue weighted by atomic mass is 10.1. The van der Waals surface area contributed by atoms with E-state index < -0.39 is 12.3 Å². The number of halogens is 2. The number of benzene rings is 2. The van der Waals surface area contributed by atoms with Crippen LogP contribution in [-0.4, -0.2) is 12.3 Å². The fraction of sp³-hybridized carbons (Fsp3) is 0.0833. The standard InChI is InChI=1S/C12H9F2NO/c13-11(14)12(16)15-10-6-5-8-3-1-2-4-9(8)7-10/h1-7,11H,(H,15,16). The van der Waals surface area contributed by atoms with Gasteiger partial charge in [-0.3, -0.25) is 4.79 Å². The van der Waals surface area contributed by atoms with Crippen LogP contribution in [0.15, 0.2) is 42.5 Å². The molecule has 4 heteroatoms. The summed E-state index contributed by atoms with van der Waals surface area (Å²) in [6.07, 6.45) is -2.99. The molecule has 0 spiro atoms. The summed E-state index contributed by atoms with van der Waals surface area (Å²) in [5, 5.41) is 4.04. The number of carbonyl (C=O) groups is 1. The molecule has 16 heavy (non-hydrogen) atoms. The summed E-state index contributed by atoms with van der Waals surface area (Å²) in [4.78, 5) is 10.8. The van der Waals surface area contributed by atoms with Crippen LogP contribution < -0.4 is 5.32 Å². The van der Waals surface area contributed by atoms with E-state index in [9.17, 15) is 13.6 Å². The van der Waals surface area contributed by atoms with Gasteiger partial charge in [-0.2, -0.15) is 8.78 Å². The largest absolute Gasteiger partial charge is 0.321 e. The maximum Gasteiger partial charge on any atom is 0.315 e. The number of hydrogen-bond acceptors (Lipinski definition) is 1. The fourth-order valence-corrected chi connectivity index (χ4v) is 1.46. The van der Waals surface area contributed by atoms with Gasteiger partial charge in [0.15, 0.2) is 0 Å². The number of fused-ring (bicyclic) bond motifs is 1. The van der Waals surface area contributed by atoms with Crippen molar-refractivity contribution in [1.29, 1.82) is 0 Å². The molecule has 0 aromatic heterocycles. The van der Waals surface area contributed by atoms with Crippen molar-refractivity contribution in [2.45, 2.75) is 6.43 Å². The fourth-order valence-electron chi connectivity index (χ4n) is 1.46. The molecule has 0 unspecified atom stereocenters. The second-order valence-corrected chi connectivity index (χ2v) is 3.35. The zero-order chi connectivity index (χ0) is 11.5. The first-order valence-corrected chi connectivity index (χ1v) is 4.74. The summed E-state index contributed by atoms with van der Waals surface area (Å²) in [6, 6.07) is 12.5. The highest BCUT2D eigenvalue weighted by atomic mass is 19.3. The minimum absolute atomic E-state index is 0.379. The Morgan fingerprint density at radius 1 is 1.06 bits per heavy atom. The van der Waals surface area contributed by atoms with E-state index in [1.165, 1.54) is 0 Å². The topological polar surface area (TPSA) is 29.1 Å². The molecule has 0 bridgehead atoms. The van der Waals surface area contributed by atoms with Crippen molar-refractivity contribution in [1.82, 2.24) is 0 Å². The van der Waals surface area contributed by atoms with Gasteiger partial charge in [0, 0.05) is 5.69 Å². The first-order chi connectivity index (χ1) is 7.66. The van der Waals surface area contributed by atoms with Crippen molar-refractivity contribution >= 4 is 22.4 Å². The zero-order valence-electron chi connectivity index (χ0n) is 8.28. The van der Waals surface area contributed by atoms with Crippen molar-refractivity contribution < 1.29 is 13.6 Å². The molecule has 2 aromatic rings. The van der Waals surface area contributed by atoms with Gasteiger partial charge in [-0.05, 0) is 22.9 Å². The average molecular weight is 221 g/mol. The van der Waals surface area contributed by atoms with Crippen molar-refractivity contribution in [2.75, 3.05) is 5.32 Å². The summed E-state index contributed by atoms with van der Waals surface area (Å²) >= 11 is 0. The molecule has 82 valence electrons. The summed E-state index contributed by atoms with van der Waals surface area (Å²) in [5.41, 5.74) is 0.379. The molecule has 0 atom stereocenters. The first-order valence-electron chi connectivity index (χ1n) is 4.74. The number of rotatable bonds is 2. The quantitative estimate of drug-likeness (QED) is 0.829. The molecule has 1 amide bonds. The summed E-state index contributed by atoms with van der Waals surface area (Å²) in [5.74, 6) is -1.28. The van der Waals surface area contributed by atoms with Crippen molar-refractivity contribution in [2.24, 2.45) is 0 Å². The number of hydrogen-bond donors (Lipinski definition) is 1. The van der Waals surface area contributed by atoms with E-state index in [2.05, 4.69) is 5.32 Å². The van der Waals surface area contributed by atoms with Gasteiger partial charge < -0.3 is 5.32 Å². The monoisotopic (exact) mass is 221 g/mol. The van der Waals surface area contributed by atoms with Gasteiger partial charge in [-0.25, -0.2) is 0 Å². The minimum Gasteiger partial charge on any atom is -0.321 e. The van der Waals surface area contributed by atoms with Crippen LogP contribution in [-0.2, 0) is 4.79 Å². The van der Waals surface area contributed by atoms with E-state index in [0.29, 0.717) is 5.69 Å². The van der Waals surface area contributed by atoms with Crippen LogP contribution in [0.4, 0.5) is 14.5 Å². The van der Waals surface area contributed by atoms with E-state index in [4.69, 9.17) is 0 Å². The molecule has 0 saturated carbocycles. The lowest BCUT2D eigenvalue weighted by Gasteiger charge is -2.05. The number of nitrogens with one attached hydrogen (secondary N) is 1. The number of carbonyl (C=O) groups excluding carboxylic acids is 1. The van der Waals surface area contributed by atoms with Gasteiger partial charge in [0.1, 0.15) is 0 Å². The van der Waals surface area contributed by atoms with Gasteiger partial charge in [0.2, 0.25) is 0 Å². The Morgan fingerprint density at radius 3 is 2.44 bits per heavy atom. The maximum absolute atomic E-state index is 12.0. The second kappa shape index (κ2) is 4.26. The molecule has 0 heterocycles. The normalized spacial score (nSPS) is 10.7. The van der Waals surface area contributed by atoms with Gasteiger partial charge in [0.25, 0.3) is 5.91 Å². The summed E-state index contributed by atoms with van der Waals surface area (Å²) in [7, 11) is 0. The number of amides is 1. The molecule has 0 aliphatic rings. The molecule has 2 aromatic carbocycles. The van der Waals surface area contributed by atoms with Gasteiger partial charge in [-0.15, -0.1) is 0 Å². The zero-order valence-corrected chi connectivity index (χ0v) is 8.28. The molecule has 0 aliphatic carbocycles. The molecule has 2 rings (SSSR count). The van der Waals surface area contributed by atoms with Gasteiger partial charge >= 0.3 is 6.43 Å². The van der Waals surface area contributed by atoms with Crippen LogP contribution in [0.5, 0.6) is 0 Å². The summed E-state index contributed by atoms with van der Waals surface area (Å²) in [6.45, 7) is 0. The highest BCUT2D eigenvalue weighted by Crippen LogP contribution is 2.19. The molecule has 0 aliphatic heterocycles. The Labute approximate surface area is 90.9 Å². The van der Waals surface area contributed by atoms with Crippen molar-refractivity contribution in [3.05, 3.63) is 42.5 Å². The molecule has 0 saturated heterocycles. The molecule has 1 N–H and O–H groups in total. The SMILES string of the molecule is O=C(Nc1ccc2ccccc2c1)C(F)F. The predicted molar refractivity (Wildman–Crippen MR) is 58.6 cm³/mol. The Bertz CT molecular complexity index is 525. The highest BCUT2D eigenvalue weighted by Gasteiger charge is 2.14. The van der Waals surface area contributed by atoms with Crippen LogP contribution >= 0.6 is 0 Å². The lowest BCUT2D eigenvalue weighted by Crippen LogP contribution is -2.19. The lowest BCUT2D eigenvalue weighted by molar-refractivity contribution is -0.126. The second-order valence-electron chi connectivity index (χ2n) is 3.35. The van der Waals surface area contributed by atoms with E-state index in [1.807, 2.05) is 24.3 Å². The van der Waals surface area contributed by atoms with E-state index in [-0.39, 0.29) is 0 Å². The Balaban J connectivity index is 2.29. The number of anilines is 1. The predicted octanol–water partition coefficient (Wildman–Crippen LogP) is 3.04. The highest BCUT2D eigenvalue weighted by molar-refractivity contribution is 5.95. The molecular weight excluding hydrogens is 212 g/mol. The number of alkyl halides is 2. The van der Waals surface area contributed by atoms with E-state index in [1.54, 1.807) is 18.2 Å². The Morgan fingerprint density at radius 2 is 1.75 bits per heavy atom. The van der Waals surface area contributed by atoms with Crippen LogP contribution in [0.25, 0.3) is 10.8 Å². The Kier molecular flexibility index (Phi) is 2.81. The van der Waals surface area contributed by atoms with Crippen LogP contribution in [0.2, 0.25) is 0 Å². The average Bonchev–Trinajstić information content (AvgIpc) is 2.28. The molecule has 0 fully saturated rings. The minimum atomic E-state index is -2.99. The van der Waals surface area contributed by atoms with E-state index in [0.717, 1.165) is 10.8 Å². The third kappa shape index (κ3) is 2.16. The molecule has 0 radical (unpaired) electrons. The van der Waals surface area contributed by atoms with Gasteiger partial charge in [0.05, 0.1) is 0 Å². The third-order valence-corrected chi connectivity index (χ3v) is 2.22. The molecule has 2 nitrogen and oxygen atoms in total. The summed E-state index contributed by atoms with van der Waals surface area (Å²) < 4.78 is 24.0. The first kappa shape index (κ1) is 10.5. The van der Waals surface area contributed by atoms with Crippen molar-refractivity contribution in [3.63, 3.8) is 0 Å². The Hall–Kier alpha value is -1.97. The van der Waals surface area contributed by atoms with Crippen LogP contribution in [0.3, 0.4) is 0 Å².